The van der Waals surface area contributed by atoms with E-state index in [2.05, 4.69) is 32.3 Å². The number of nitrogens with zero attached hydrogens (tertiary/aromatic N) is 8. The molecule has 3 amide bonds. The topological polar surface area (TPSA) is 204 Å². The number of carbonyl (C=O) groups excluding carboxylic acids is 3. The Bertz CT molecular complexity index is 2600. The lowest BCUT2D eigenvalue weighted by molar-refractivity contribution is -0.133. The summed E-state index contributed by atoms with van der Waals surface area (Å²) in [5.74, 6) is -1.54. The zero-order valence-corrected chi connectivity index (χ0v) is 38.1. The van der Waals surface area contributed by atoms with E-state index in [9.17, 15) is 29.0 Å². The number of carbonyl (C=O) groups is 3. The Kier molecular flexibility index (Phi) is 15.3. The lowest BCUT2D eigenvalue weighted by atomic mass is 9.98. The third kappa shape index (κ3) is 11.0. The largest absolute Gasteiger partial charge is 0.508 e. The van der Waals surface area contributed by atoms with E-state index in [1.807, 2.05) is 24.7 Å². The molecule has 1 aliphatic rings. The first-order chi connectivity index (χ1) is 31.0. The second-order valence-corrected chi connectivity index (χ2v) is 16.6. The van der Waals surface area contributed by atoms with Gasteiger partial charge in [-0.1, -0.05) is 37.0 Å². The number of anilines is 2. The highest BCUT2D eigenvalue weighted by Crippen LogP contribution is 2.38. The molecule has 5 N–H and O–H groups in total. The van der Waals surface area contributed by atoms with Crippen LogP contribution in [0.1, 0.15) is 85.6 Å². The number of benzene rings is 3. The van der Waals surface area contributed by atoms with Crippen molar-refractivity contribution < 1.29 is 33.7 Å². The number of amidine groups is 1. The number of hydrogen-bond donors (Lipinski definition) is 4. The van der Waals surface area contributed by atoms with Crippen molar-refractivity contribution in [2.45, 2.75) is 58.6 Å². The number of hydrogen-bond acceptors (Lipinski definition) is 11. The van der Waals surface area contributed by atoms with Gasteiger partial charge in [-0.3, -0.25) is 19.1 Å². The molecule has 342 valence electrons. The van der Waals surface area contributed by atoms with E-state index >= 15 is 0 Å². The second-order valence-electron chi connectivity index (χ2n) is 15.8. The molecule has 1 saturated heterocycles. The van der Waals surface area contributed by atoms with E-state index in [1.165, 1.54) is 28.0 Å². The minimum atomic E-state index is -0.737. The number of nitrogen functional groups attached to an aromatic ring is 1. The van der Waals surface area contributed by atoms with Gasteiger partial charge in [-0.25, -0.2) is 9.37 Å². The number of phenolic OH excluding ortho intramolecular Hbond substituents is 2. The number of rotatable bonds is 15. The molecule has 19 heteroatoms. The number of ether oxygens (including phenoxy) is 1. The fourth-order valence-corrected chi connectivity index (χ4v) is 8.24. The molecule has 0 aliphatic carbocycles. The van der Waals surface area contributed by atoms with Crippen molar-refractivity contribution in [1.82, 2.24) is 29.9 Å². The number of halogens is 3. The number of piperidine rings is 1. The zero-order valence-electron chi connectivity index (χ0n) is 36.6. The van der Waals surface area contributed by atoms with Gasteiger partial charge in [0.1, 0.15) is 30.0 Å². The molecule has 0 spiro atoms. The van der Waals surface area contributed by atoms with Crippen LogP contribution < -0.4 is 20.7 Å². The molecule has 65 heavy (non-hydrogen) atoms. The summed E-state index contributed by atoms with van der Waals surface area (Å²) < 4.78 is 22.1. The first kappa shape index (κ1) is 47.8. The molecular formula is C46H51Cl2FN10O6. The number of likely N-dealkylation sites (N-methyl/N-ethyl adjacent to an activating group) is 2. The molecule has 1 aliphatic heterocycles. The molecule has 16 nitrogen and oxygen atoms in total. The van der Waals surface area contributed by atoms with E-state index in [0.29, 0.717) is 60.4 Å². The molecule has 5 aromatic rings. The Morgan fingerprint density at radius 1 is 1.02 bits per heavy atom. The van der Waals surface area contributed by atoms with Crippen molar-refractivity contribution in [1.29, 1.82) is 0 Å². The van der Waals surface area contributed by atoms with Crippen LogP contribution in [-0.2, 0) is 9.59 Å². The van der Waals surface area contributed by atoms with Gasteiger partial charge in [0.15, 0.2) is 17.4 Å². The summed E-state index contributed by atoms with van der Waals surface area (Å²) in [4.78, 5) is 49.0. The summed E-state index contributed by atoms with van der Waals surface area (Å²) in [5.41, 5.74) is 9.39. The predicted molar refractivity (Wildman–Crippen MR) is 250 cm³/mol. The molecular weight excluding hydrogens is 878 g/mol. The molecule has 0 unspecified atom stereocenters. The van der Waals surface area contributed by atoms with Gasteiger partial charge < -0.3 is 40.7 Å². The highest BCUT2D eigenvalue weighted by molar-refractivity contribution is 6.36. The van der Waals surface area contributed by atoms with Gasteiger partial charge in [0.25, 0.3) is 5.91 Å². The third-order valence-corrected chi connectivity index (χ3v) is 11.8. The summed E-state index contributed by atoms with van der Waals surface area (Å²) in [6.45, 7) is 11.7. The number of phenols is 2. The number of aromatic nitrogens is 3. The van der Waals surface area contributed by atoms with Gasteiger partial charge in [0, 0.05) is 84.8 Å². The summed E-state index contributed by atoms with van der Waals surface area (Å²) in [7, 11) is 1.56. The van der Waals surface area contributed by atoms with Crippen molar-refractivity contribution >= 4 is 65.0 Å². The van der Waals surface area contributed by atoms with Crippen LogP contribution in [0, 0.1) is 5.82 Å². The smallest absolute Gasteiger partial charge is 0.254 e. The van der Waals surface area contributed by atoms with Crippen molar-refractivity contribution in [2.75, 3.05) is 50.4 Å². The first-order valence-corrected chi connectivity index (χ1v) is 21.6. The standard InChI is InChI=1S/C46H51Cl2FN10O6/c1-7-52-40(62)24-58(45(55-51-5)34-19-33(26(2)3)37(60)20-38(34)61)31-10-8-28(9-11-31)46(64)56(6)25-41(63)57-16-14-32(15-17-57)59-23-30(22-54-59)29-18-39(44(50)53-21-29)65-27(4)42-35(47)12-13-36(49)43(42)48/h8-13,18-23,26-27,32,60-61H,5,7,14-17,24-25H2,1-4,6H3,(H2,50,53)(H,52,62)/b55-45-/t27-/m1/s1. The maximum atomic E-state index is 14.2. The van der Waals surface area contributed by atoms with Crippen LogP contribution in [0.15, 0.2) is 83.4 Å². The Morgan fingerprint density at radius 2 is 1.72 bits per heavy atom. The maximum Gasteiger partial charge on any atom is 0.254 e. The van der Waals surface area contributed by atoms with E-state index in [4.69, 9.17) is 33.7 Å². The average Bonchev–Trinajstić information content (AvgIpc) is 3.78. The Labute approximate surface area is 386 Å². The van der Waals surface area contributed by atoms with Gasteiger partial charge in [-0.2, -0.15) is 10.2 Å². The Hall–Kier alpha value is -6.72. The monoisotopic (exact) mass is 928 g/mol. The fraction of sp³-hybridized carbons (Fsp3) is 0.326. The minimum absolute atomic E-state index is 0.0103. The fourth-order valence-electron chi connectivity index (χ4n) is 7.56. The number of nitrogens with one attached hydrogen (secondary N) is 1. The van der Waals surface area contributed by atoms with E-state index in [-0.39, 0.29) is 87.3 Å². The number of aromatic hydroxyl groups is 2. The highest BCUT2D eigenvalue weighted by Gasteiger charge is 2.28. The van der Waals surface area contributed by atoms with Crippen LogP contribution >= 0.6 is 23.2 Å². The van der Waals surface area contributed by atoms with Gasteiger partial charge in [-0.15, -0.1) is 5.10 Å². The van der Waals surface area contributed by atoms with Crippen LogP contribution in [0.2, 0.25) is 10.0 Å². The van der Waals surface area contributed by atoms with Crippen LogP contribution in [0.25, 0.3) is 11.1 Å². The lowest BCUT2D eigenvalue weighted by Gasteiger charge is -2.33. The van der Waals surface area contributed by atoms with Gasteiger partial charge >= 0.3 is 0 Å². The molecule has 3 aromatic carbocycles. The lowest BCUT2D eigenvalue weighted by Crippen LogP contribution is -2.45. The summed E-state index contributed by atoms with van der Waals surface area (Å²) >= 11 is 12.5. The number of nitrogens with two attached hydrogens (primary N) is 1. The SMILES string of the molecule is C=N/N=C(/c1cc(C(C)C)c(O)cc1O)N(CC(=O)NCC)c1ccc(C(=O)N(C)CC(=O)N2CCC(n3cc(-c4cnc(N)c(O[C@H](C)c5c(Cl)ccc(F)c5Cl)c4)cn3)CC2)cc1. The summed E-state index contributed by atoms with van der Waals surface area (Å²) in [6, 6.07) is 13.6. The Balaban J connectivity index is 1.08. The third-order valence-electron chi connectivity index (χ3n) is 11.0. The van der Waals surface area contributed by atoms with Crippen molar-refractivity contribution in [3.63, 3.8) is 0 Å². The summed E-state index contributed by atoms with van der Waals surface area (Å²) in [6.07, 6.45) is 5.73. The molecule has 0 radical (unpaired) electrons. The number of pyridine rings is 1. The van der Waals surface area contributed by atoms with Crippen LogP contribution in [0.4, 0.5) is 15.9 Å². The normalized spacial score (nSPS) is 13.7. The van der Waals surface area contributed by atoms with Crippen LogP contribution in [0.3, 0.4) is 0 Å². The van der Waals surface area contributed by atoms with Crippen LogP contribution in [-0.4, -0.2) is 105 Å². The minimum Gasteiger partial charge on any atom is -0.508 e. The van der Waals surface area contributed by atoms with Crippen LogP contribution in [0.5, 0.6) is 17.2 Å². The molecule has 2 aromatic heterocycles. The molecule has 0 bridgehead atoms. The van der Waals surface area contributed by atoms with Crippen molar-refractivity contribution in [3.05, 3.63) is 111 Å². The first-order valence-electron chi connectivity index (χ1n) is 20.9. The van der Waals surface area contributed by atoms with E-state index in [0.717, 1.165) is 5.56 Å². The number of likely N-dealkylation sites (tertiary alicyclic amines) is 1. The summed E-state index contributed by atoms with van der Waals surface area (Å²) in [5, 5.41) is 36.8. The van der Waals surface area contributed by atoms with Gasteiger partial charge in [0.05, 0.1) is 29.4 Å². The highest BCUT2D eigenvalue weighted by atomic mass is 35.5. The Morgan fingerprint density at radius 3 is 2.38 bits per heavy atom. The maximum absolute atomic E-state index is 14.2. The van der Waals surface area contributed by atoms with E-state index in [1.54, 1.807) is 74.6 Å². The molecule has 1 fully saturated rings. The predicted octanol–water partition coefficient (Wildman–Crippen LogP) is 7.59. The average molecular weight is 930 g/mol. The molecule has 0 saturated carbocycles. The van der Waals surface area contributed by atoms with Gasteiger partial charge in [0.2, 0.25) is 11.8 Å². The quantitative estimate of drug-likeness (QED) is 0.0351. The molecule has 6 rings (SSSR count). The van der Waals surface area contributed by atoms with Gasteiger partial charge in [-0.05, 0) is 86.7 Å². The number of amides is 3. The van der Waals surface area contributed by atoms with E-state index < -0.39 is 11.9 Å². The van der Waals surface area contributed by atoms with Crippen molar-refractivity contribution in [3.8, 4) is 28.4 Å². The zero-order chi connectivity index (χ0) is 47.1. The van der Waals surface area contributed by atoms with Crippen molar-refractivity contribution in [2.24, 2.45) is 10.2 Å². The molecule has 1 atom stereocenters. The second kappa shape index (κ2) is 20.9. The molecule has 3 heterocycles.